The number of amides is 2. The van der Waals surface area contributed by atoms with Crippen LogP contribution in [0.4, 0.5) is 20.3 Å². The smallest absolute Gasteiger partial charge is 0.321 e. The molecule has 5 rings (SSSR count). The van der Waals surface area contributed by atoms with E-state index >= 15 is 0 Å². The van der Waals surface area contributed by atoms with Crippen LogP contribution in [0.2, 0.25) is 0 Å². The number of benzene rings is 1. The van der Waals surface area contributed by atoms with Gasteiger partial charge in [-0.1, -0.05) is 11.3 Å². The summed E-state index contributed by atoms with van der Waals surface area (Å²) in [6.07, 6.45) is 4.47. The maximum Gasteiger partial charge on any atom is 0.321 e. The monoisotopic (exact) mass is 549 g/mol. The third kappa shape index (κ3) is 4.99. The van der Waals surface area contributed by atoms with Gasteiger partial charge in [-0.15, -0.1) is 0 Å². The largest absolute Gasteiger partial charge is 0.481 e. The summed E-state index contributed by atoms with van der Waals surface area (Å²) in [6.45, 7) is 6.68. The molecule has 0 atom stereocenters. The molecule has 12 heteroatoms. The quantitative estimate of drug-likeness (QED) is 0.348. The number of rotatable bonds is 6. The summed E-state index contributed by atoms with van der Waals surface area (Å²) < 4.78 is 14.8. The fourth-order valence-electron chi connectivity index (χ4n) is 4.62. The predicted molar refractivity (Wildman–Crippen MR) is 148 cm³/mol. The molecule has 1 aromatic carbocycles. The number of primary amides is 1. The number of aromatic nitrogens is 4. The van der Waals surface area contributed by atoms with Gasteiger partial charge in [0.25, 0.3) is 0 Å². The second kappa shape index (κ2) is 10.2. The number of carboxylic acid groups (broad SMARTS) is 1. The highest BCUT2D eigenvalue weighted by molar-refractivity contribution is 7.23. The maximum absolute atomic E-state index is 14.0. The molecule has 0 saturated carbocycles. The molecule has 10 nitrogen and oxygen atoms in total. The first kappa shape index (κ1) is 26.4. The van der Waals surface area contributed by atoms with Gasteiger partial charge in [-0.25, -0.2) is 24.1 Å². The minimum absolute atomic E-state index is 0.274. The Labute approximate surface area is 228 Å². The first-order valence-corrected chi connectivity index (χ1v) is 13.4. The number of aryl methyl sites for hydroxylation is 1. The number of nitrogens with two attached hydrogens (primary N) is 1. The van der Waals surface area contributed by atoms with Crippen LogP contribution in [0.25, 0.3) is 32.6 Å². The van der Waals surface area contributed by atoms with E-state index in [0.717, 1.165) is 21.4 Å². The van der Waals surface area contributed by atoms with Gasteiger partial charge in [0.1, 0.15) is 5.82 Å². The minimum Gasteiger partial charge on any atom is -0.481 e. The number of pyridine rings is 1. The van der Waals surface area contributed by atoms with Crippen molar-refractivity contribution in [2.24, 2.45) is 11.1 Å². The Morgan fingerprint density at radius 1 is 1.15 bits per heavy atom. The molecule has 0 spiro atoms. The molecule has 3 aromatic heterocycles. The van der Waals surface area contributed by atoms with Crippen molar-refractivity contribution in [3.05, 3.63) is 48.2 Å². The summed E-state index contributed by atoms with van der Waals surface area (Å²) in [5, 5.41) is 9.96. The van der Waals surface area contributed by atoms with E-state index in [1.165, 1.54) is 22.3 Å². The van der Waals surface area contributed by atoms with Crippen molar-refractivity contribution in [3.8, 4) is 22.4 Å². The number of thiazole rings is 1. The molecule has 0 bridgehead atoms. The Morgan fingerprint density at radius 3 is 2.44 bits per heavy atom. The van der Waals surface area contributed by atoms with Crippen LogP contribution in [0.3, 0.4) is 0 Å². The fourth-order valence-corrected chi connectivity index (χ4v) is 5.76. The third-order valence-corrected chi connectivity index (χ3v) is 8.35. The fraction of sp³-hybridized carbons (Fsp3) is 0.333. The first-order valence-electron chi connectivity index (χ1n) is 12.6. The lowest BCUT2D eigenvalue weighted by Crippen LogP contribution is -2.43. The second-order valence-corrected chi connectivity index (χ2v) is 10.8. The number of halogens is 1. The van der Waals surface area contributed by atoms with Gasteiger partial charge in [0, 0.05) is 43.2 Å². The molecule has 1 aliphatic rings. The molecular weight excluding hydrogens is 521 g/mol. The van der Waals surface area contributed by atoms with Crippen LogP contribution in [-0.2, 0) is 4.79 Å². The van der Waals surface area contributed by atoms with E-state index in [4.69, 9.17) is 5.73 Å². The molecule has 0 radical (unpaired) electrons. The Balaban J connectivity index is 1.53. The number of carboxylic acids is 1. The number of hydrogen-bond acceptors (Lipinski definition) is 8. The number of hydrogen-bond donors (Lipinski definition) is 2. The van der Waals surface area contributed by atoms with E-state index < -0.39 is 23.2 Å². The van der Waals surface area contributed by atoms with Crippen LogP contribution >= 0.6 is 11.3 Å². The highest BCUT2D eigenvalue weighted by Crippen LogP contribution is 2.39. The summed E-state index contributed by atoms with van der Waals surface area (Å²) in [4.78, 5) is 45.2. The Kier molecular flexibility index (Phi) is 6.89. The van der Waals surface area contributed by atoms with Crippen molar-refractivity contribution >= 4 is 44.6 Å². The van der Waals surface area contributed by atoms with Gasteiger partial charge in [-0.05, 0) is 63.4 Å². The van der Waals surface area contributed by atoms with E-state index in [1.807, 2.05) is 24.0 Å². The van der Waals surface area contributed by atoms with Crippen LogP contribution in [0.5, 0.6) is 0 Å². The number of piperidine rings is 1. The zero-order valence-electron chi connectivity index (χ0n) is 21.8. The Bertz CT molecular complexity index is 1570. The average Bonchev–Trinajstić information content (AvgIpc) is 3.34. The topological polar surface area (TPSA) is 138 Å². The standard InChI is InChI=1S/C27H28FN7O3S/c1-4-35(24(29)38)26-33-21-12-16(11-18(22(21)39-26)20-6-5-19(28)15(2)32-20)17-13-30-25(31-14-17)34-9-7-27(3,8-10-34)23(36)37/h5-6,11-14H,4,7-10H2,1-3H3,(H2,29,38)(H,36,37). The summed E-state index contributed by atoms with van der Waals surface area (Å²) in [5.74, 6) is -0.634. The van der Waals surface area contributed by atoms with Crippen molar-refractivity contribution < 1.29 is 19.1 Å². The van der Waals surface area contributed by atoms with Crippen molar-refractivity contribution in [2.75, 3.05) is 29.4 Å². The Hall–Kier alpha value is -4.19. The molecule has 1 fully saturated rings. The molecule has 2 amide bonds. The molecule has 1 saturated heterocycles. The predicted octanol–water partition coefficient (Wildman–Crippen LogP) is 4.86. The molecule has 202 valence electrons. The van der Waals surface area contributed by atoms with E-state index in [2.05, 4.69) is 19.9 Å². The average molecular weight is 550 g/mol. The minimum atomic E-state index is -0.779. The van der Waals surface area contributed by atoms with E-state index in [-0.39, 0.29) is 5.69 Å². The van der Waals surface area contributed by atoms with Crippen molar-refractivity contribution in [1.82, 2.24) is 19.9 Å². The zero-order chi connectivity index (χ0) is 27.9. The van der Waals surface area contributed by atoms with Crippen molar-refractivity contribution in [1.29, 1.82) is 0 Å². The summed E-state index contributed by atoms with van der Waals surface area (Å²) in [7, 11) is 0. The molecule has 0 unspecified atom stereocenters. The second-order valence-electron chi connectivity index (χ2n) is 9.84. The number of nitrogens with zero attached hydrogens (tertiary/aromatic N) is 6. The lowest BCUT2D eigenvalue weighted by atomic mass is 9.80. The lowest BCUT2D eigenvalue weighted by Gasteiger charge is -2.36. The number of fused-ring (bicyclic) bond motifs is 1. The highest BCUT2D eigenvalue weighted by Gasteiger charge is 2.37. The van der Waals surface area contributed by atoms with Crippen LogP contribution in [0.1, 0.15) is 32.4 Å². The lowest BCUT2D eigenvalue weighted by molar-refractivity contribution is -0.149. The molecule has 0 aliphatic carbocycles. The maximum atomic E-state index is 14.0. The van der Waals surface area contributed by atoms with Gasteiger partial charge in [-0.2, -0.15) is 0 Å². The van der Waals surface area contributed by atoms with E-state index in [1.54, 1.807) is 32.3 Å². The van der Waals surface area contributed by atoms with Gasteiger partial charge in [0.15, 0.2) is 5.13 Å². The molecule has 39 heavy (non-hydrogen) atoms. The molecular formula is C27H28FN7O3S. The van der Waals surface area contributed by atoms with E-state index in [9.17, 15) is 19.1 Å². The van der Waals surface area contributed by atoms with Crippen LogP contribution in [-0.4, -0.2) is 56.7 Å². The number of carbonyl (C=O) groups excluding carboxylic acids is 1. The SMILES string of the molecule is CCN(C(N)=O)c1nc2cc(-c3cnc(N4CCC(C)(C(=O)O)CC4)nc3)cc(-c3ccc(F)c(C)n3)c2s1. The number of aliphatic carboxylic acids is 1. The van der Waals surface area contributed by atoms with Gasteiger partial charge >= 0.3 is 12.0 Å². The van der Waals surface area contributed by atoms with Gasteiger partial charge < -0.3 is 15.7 Å². The van der Waals surface area contributed by atoms with Crippen molar-refractivity contribution in [3.63, 3.8) is 0 Å². The molecule has 4 heterocycles. The number of carbonyl (C=O) groups is 2. The van der Waals surface area contributed by atoms with Gasteiger partial charge in [0.05, 0.1) is 27.0 Å². The zero-order valence-corrected chi connectivity index (χ0v) is 22.6. The Morgan fingerprint density at radius 2 is 1.85 bits per heavy atom. The summed E-state index contributed by atoms with van der Waals surface area (Å²) in [6, 6.07) is 6.22. The van der Waals surface area contributed by atoms with Gasteiger partial charge in [0.2, 0.25) is 5.95 Å². The van der Waals surface area contributed by atoms with Crippen LogP contribution in [0, 0.1) is 18.2 Å². The van der Waals surface area contributed by atoms with Gasteiger partial charge in [-0.3, -0.25) is 14.7 Å². The normalized spacial score (nSPS) is 14.9. The highest BCUT2D eigenvalue weighted by atomic mass is 32.1. The molecule has 1 aliphatic heterocycles. The van der Waals surface area contributed by atoms with Crippen LogP contribution in [0.15, 0.2) is 36.7 Å². The number of urea groups is 1. The summed E-state index contributed by atoms with van der Waals surface area (Å²) in [5.41, 5.74) is 8.58. The van der Waals surface area contributed by atoms with Crippen LogP contribution < -0.4 is 15.5 Å². The number of anilines is 2. The van der Waals surface area contributed by atoms with Crippen molar-refractivity contribution in [2.45, 2.75) is 33.6 Å². The summed E-state index contributed by atoms with van der Waals surface area (Å²) >= 11 is 1.32. The molecule has 4 aromatic rings. The third-order valence-electron chi connectivity index (χ3n) is 7.23. The molecule has 3 N–H and O–H groups in total. The van der Waals surface area contributed by atoms with E-state index in [0.29, 0.717) is 54.8 Å². The first-order chi connectivity index (χ1) is 18.6.